The van der Waals surface area contributed by atoms with Crippen LogP contribution in [0.25, 0.3) is 4.96 Å². The number of thiazole rings is 1. The van der Waals surface area contributed by atoms with Crippen LogP contribution in [0.2, 0.25) is 0 Å². The second-order valence-corrected chi connectivity index (χ2v) is 6.31. The van der Waals surface area contributed by atoms with Crippen LogP contribution in [-0.4, -0.2) is 41.0 Å². The number of nitrogens with zero attached hydrogens (tertiary/aromatic N) is 3. The first-order valence-corrected chi connectivity index (χ1v) is 7.58. The van der Waals surface area contributed by atoms with Crippen LogP contribution in [0.5, 0.6) is 0 Å². The number of amides is 1. The van der Waals surface area contributed by atoms with E-state index in [0.717, 1.165) is 29.6 Å². The van der Waals surface area contributed by atoms with Crippen molar-refractivity contribution in [2.24, 2.45) is 0 Å². The van der Waals surface area contributed by atoms with Crippen LogP contribution in [0.4, 0.5) is 5.82 Å². The van der Waals surface area contributed by atoms with Gasteiger partial charge in [0.2, 0.25) is 5.91 Å². The van der Waals surface area contributed by atoms with Crippen molar-refractivity contribution in [2.45, 2.75) is 25.9 Å². The fraction of sp³-hybridized carbons (Fsp3) is 0.538. The molecule has 1 fully saturated rings. The summed E-state index contributed by atoms with van der Waals surface area (Å²) in [5, 5.41) is 8.14. The third kappa shape index (κ3) is 1.89. The second kappa shape index (κ2) is 4.75. The molecule has 1 amide bonds. The normalized spacial score (nSPS) is 18.6. The van der Waals surface area contributed by atoms with Crippen molar-refractivity contribution < 1.29 is 4.79 Å². The van der Waals surface area contributed by atoms with Crippen molar-refractivity contribution in [3.8, 4) is 0 Å². The summed E-state index contributed by atoms with van der Waals surface area (Å²) in [5.74, 6) is 0.960. The summed E-state index contributed by atoms with van der Waals surface area (Å²) in [4.78, 5) is 19.9. The molecule has 6 nitrogen and oxygen atoms in total. The van der Waals surface area contributed by atoms with Gasteiger partial charge in [-0.2, -0.15) is 0 Å². The second-order valence-electron chi connectivity index (χ2n) is 5.43. The topological polar surface area (TPSA) is 61.7 Å². The Morgan fingerprint density at radius 3 is 3.10 bits per heavy atom. The highest BCUT2D eigenvalue weighted by Crippen LogP contribution is 2.30. The summed E-state index contributed by atoms with van der Waals surface area (Å²) in [6.07, 6.45) is 2.03. The lowest BCUT2D eigenvalue weighted by molar-refractivity contribution is -0.126. The molecule has 0 radical (unpaired) electrons. The van der Waals surface area contributed by atoms with Gasteiger partial charge < -0.3 is 15.5 Å². The van der Waals surface area contributed by atoms with Crippen molar-refractivity contribution in [1.82, 2.24) is 20.0 Å². The minimum Gasteiger partial charge on any atom is -0.352 e. The molecular weight excluding hydrogens is 274 g/mol. The monoisotopic (exact) mass is 293 g/mol. The molecule has 0 bridgehead atoms. The highest BCUT2D eigenvalue weighted by atomic mass is 32.1. The van der Waals surface area contributed by atoms with Crippen molar-refractivity contribution in [2.75, 3.05) is 25.0 Å². The quantitative estimate of drug-likeness (QED) is 0.880. The molecule has 1 aliphatic heterocycles. The standard InChI is InChI=1S/C13H19N5OS/c1-13(2)11(19)15-4-5-18(13)10-9(8-14-3)17-6-7-20-12(17)16-10/h6-7,14H,4-5,8H2,1-3H3,(H,15,19). The lowest BCUT2D eigenvalue weighted by Gasteiger charge is -2.41. The van der Waals surface area contributed by atoms with E-state index in [1.165, 1.54) is 0 Å². The van der Waals surface area contributed by atoms with Crippen LogP contribution < -0.4 is 15.5 Å². The summed E-state index contributed by atoms with van der Waals surface area (Å²) >= 11 is 1.61. The molecule has 2 aromatic rings. The fourth-order valence-electron chi connectivity index (χ4n) is 2.64. The Balaban J connectivity index is 2.10. The zero-order valence-corrected chi connectivity index (χ0v) is 12.8. The molecule has 1 aliphatic rings. The van der Waals surface area contributed by atoms with Gasteiger partial charge in [-0.25, -0.2) is 4.98 Å². The highest BCUT2D eigenvalue weighted by molar-refractivity contribution is 7.15. The van der Waals surface area contributed by atoms with Crippen molar-refractivity contribution in [1.29, 1.82) is 0 Å². The molecular formula is C13H19N5OS. The molecule has 0 aromatic carbocycles. The van der Waals surface area contributed by atoms with Gasteiger partial charge in [0, 0.05) is 31.2 Å². The van der Waals surface area contributed by atoms with Crippen LogP contribution in [0.1, 0.15) is 19.5 Å². The van der Waals surface area contributed by atoms with E-state index in [1.54, 1.807) is 11.3 Å². The van der Waals surface area contributed by atoms with Crippen LogP contribution in [0.3, 0.4) is 0 Å². The Morgan fingerprint density at radius 2 is 2.35 bits per heavy atom. The number of piperazine rings is 1. The van der Waals surface area contributed by atoms with E-state index in [1.807, 2.05) is 32.5 Å². The minimum absolute atomic E-state index is 0.0514. The molecule has 108 valence electrons. The molecule has 3 heterocycles. The Kier molecular flexibility index (Phi) is 3.18. The first kappa shape index (κ1) is 13.4. The van der Waals surface area contributed by atoms with E-state index in [-0.39, 0.29) is 5.91 Å². The van der Waals surface area contributed by atoms with E-state index < -0.39 is 5.54 Å². The number of carbonyl (C=O) groups is 1. The summed E-state index contributed by atoms with van der Waals surface area (Å²) < 4.78 is 2.10. The molecule has 0 aliphatic carbocycles. The first-order chi connectivity index (χ1) is 9.55. The molecule has 0 saturated carbocycles. The van der Waals surface area contributed by atoms with Gasteiger partial charge in [-0.05, 0) is 20.9 Å². The maximum atomic E-state index is 12.1. The average Bonchev–Trinajstić information content (AvgIpc) is 2.96. The van der Waals surface area contributed by atoms with Crippen LogP contribution >= 0.6 is 11.3 Å². The van der Waals surface area contributed by atoms with Crippen LogP contribution in [-0.2, 0) is 11.3 Å². The molecule has 20 heavy (non-hydrogen) atoms. The summed E-state index contributed by atoms with van der Waals surface area (Å²) in [6, 6.07) is 0. The first-order valence-electron chi connectivity index (χ1n) is 6.70. The maximum Gasteiger partial charge on any atom is 0.245 e. The SMILES string of the molecule is CNCc1c(N2CCNC(=O)C2(C)C)nc2sccn12. The van der Waals surface area contributed by atoms with Gasteiger partial charge in [0.1, 0.15) is 5.54 Å². The summed E-state index contributed by atoms with van der Waals surface area (Å²) in [5.41, 5.74) is 0.525. The lowest BCUT2D eigenvalue weighted by atomic mass is 9.99. The Labute approximate surface area is 121 Å². The predicted molar refractivity (Wildman–Crippen MR) is 80.3 cm³/mol. The number of hydrogen-bond donors (Lipinski definition) is 2. The third-order valence-corrected chi connectivity index (χ3v) is 4.55. The van der Waals surface area contributed by atoms with E-state index >= 15 is 0 Å². The van der Waals surface area contributed by atoms with Gasteiger partial charge in [0.15, 0.2) is 10.8 Å². The number of carbonyl (C=O) groups excluding carboxylic acids is 1. The largest absolute Gasteiger partial charge is 0.352 e. The van der Waals surface area contributed by atoms with Crippen molar-refractivity contribution >= 4 is 28.0 Å². The highest BCUT2D eigenvalue weighted by Gasteiger charge is 2.40. The van der Waals surface area contributed by atoms with E-state index in [2.05, 4.69) is 19.9 Å². The van der Waals surface area contributed by atoms with Crippen LogP contribution in [0.15, 0.2) is 11.6 Å². The van der Waals surface area contributed by atoms with Gasteiger partial charge in [-0.1, -0.05) is 0 Å². The molecule has 2 aromatic heterocycles. The minimum atomic E-state index is -0.579. The lowest BCUT2D eigenvalue weighted by Crippen LogP contribution is -2.62. The molecule has 1 saturated heterocycles. The fourth-order valence-corrected chi connectivity index (χ4v) is 3.37. The predicted octanol–water partition coefficient (Wildman–Crippen LogP) is 0.830. The van der Waals surface area contributed by atoms with Gasteiger partial charge in [-0.3, -0.25) is 9.20 Å². The smallest absolute Gasteiger partial charge is 0.245 e. The van der Waals surface area contributed by atoms with E-state index in [0.29, 0.717) is 6.54 Å². The van der Waals surface area contributed by atoms with Gasteiger partial charge in [-0.15, -0.1) is 11.3 Å². The molecule has 0 unspecified atom stereocenters. The van der Waals surface area contributed by atoms with Crippen LogP contribution in [0, 0.1) is 0 Å². The average molecular weight is 293 g/mol. The summed E-state index contributed by atoms with van der Waals surface area (Å²) in [6.45, 7) is 6.05. The molecule has 0 atom stereocenters. The third-order valence-electron chi connectivity index (χ3n) is 3.79. The Morgan fingerprint density at radius 1 is 1.55 bits per heavy atom. The number of fused-ring (bicyclic) bond motifs is 1. The van der Waals surface area contributed by atoms with Crippen molar-refractivity contribution in [3.05, 3.63) is 17.3 Å². The van der Waals surface area contributed by atoms with Gasteiger partial charge in [0.05, 0.1) is 5.69 Å². The van der Waals surface area contributed by atoms with E-state index in [4.69, 9.17) is 4.98 Å². The summed E-state index contributed by atoms with van der Waals surface area (Å²) in [7, 11) is 1.92. The van der Waals surface area contributed by atoms with Crippen molar-refractivity contribution in [3.63, 3.8) is 0 Å². The molecule has 0 spiro atoms. The number of hydrogen-bond acceptors (Lipinski definition) is 5. The van der Waals surface area contributed by atoms with Gasteiger partial charge in [0.25, 0.3) is 0 Å². The number of imidazole rings is 1. The number of anilines is 1. The Hall–Kier alpha value is -1.60. The zero-order valence-electron chi connectivity index (χ0n) is 11.9. The number of nitrogens with one attached hydrogen (secondary N) is 2. The van der Waals surface area contributed by atoms with Gasteiger partial charge >= 0.3 is 0 Å². The Bertz CT molecular complexity index is 644. The molecule has 2 N–H and O–H groups in total. The number of rotatable bonds is 3. The van der Waals surface area contributed by atoms with E-state index in [9.17, 15) is 4.79 Å². The maximum absolute atomic E-state index is 12.1. The zero-order chi connectivity index (χ0) is 14.3. The molecule has 3 rings (SSSR count). The number of aromatic nitrogens is 2. The molecule has 7 heteroatoms.